The summed E-state index contributed by atoms with van der Waals surface area (Å²) in [6.07, 6.45) is 8.38. The lowest BCUT2D eigenvalue weighted by atomic mass is 9.66. The summed E-state index contributed by atoms with van der Waals surface area (Å²) in [4.78, 5) is 9.38. The Hall–Kier alpha value is -2.62. The second kappa shape index (κ2) is 6.94. The molecular weight excluding hydrogens is 324 g/mol. The Morgan fingerprint density at radius 3 is 2.65 bits per heavy atom. The zero-order valence-corrected chi connectivity index (χ0v) is 15.5. The number of fused-ring (bicyclic) bond motifs is 1. The molecule has 0 radical (unpaired) electrons. The van der Waals surface area contributed by atoms with E-state index in [0.29, 0.717) is 17.9 Å². The molecule has 0 amide bonds. The average molecular weight is 348 g/mol. The number of hydrogen-bond acceptors (Lipinski definition) is 4. The normalized spacial score (nSPS) is 25.9. The summed E-state index contributed by atoms with van der Waals surface area (Å²) in [5, 5.41) is 0. The van der Waals surface area contributed by atoms with Crippen LogP contribution in [0.15, 0.2) is 53.3 Å². The van der Waals surface area contributed by atoms with Crippen molar-refractivity contribution >= 4 is 11.8 Å². The molecule has 1 aromatic heterocycles. The fourth-order valence-corrected chi connectivity index (χ4v) is 3.99. The minimum absolute atomic E-state index is 0.454. The maximum Gasteiger partial charge on any atom is 0.129 e. The van der Waals surface area contributed by atoms with Crippen molar-refractivity contribution in [1.82, 2.24) is 4.98 Å². The van der Waals surface area contributed by atoms with Gasteiger partial charge in [0.05, 0.1) is 26.0 Å². The maximum absolute atomic E-state index is 5.59. The first kappa shape index (κ1) is 16.8. The van der Waals surface area contributed by atoms with Gasteiger partial charge in [0.25, 0.3) is 0 Å². The summed E-state index contributed by atoms with van der Waals surface area (Å²) < 4.78 is 10.9. The highest BCUT2D eigenvalue weighted by atomic mass is 16.5. The minimum atomic E-state index is 0.454. The number of hydrogen-bond donors (Lipinski definition) is 0. The lowest BCUT2D eigenvalue weighted by molar-refractivity contribution is 0.197. The molecule has 0 saturated heterocycles. The first-order valence-corrected chi connectivity index (χ1v) is 9.13. The molecule has 4 rings (SSSR count). The Morgan fingerprint density at radius 1 is 1.12 bits per heavy atom. The van der Waals surface area contributed by atoms with E-state index in [9.17, 15) is 0 Å². The SMILES string of the molecule is COc1ccc(/C=C2/C(c3cccnc3)=N[C@@H]3CC[C@@H]3[C@H]2C)c(OC)c1. The first-order chi connectivity index (χ1) is 12.7. The summed E-state index contributed by atoms with van der Waals surface area (Å²) in [6, 6.07) is 10.5. The highest BCUT2D eigenvalue weighted by molar-refractivity contribution is 6.15. The van der Waals surface area contributed by atoms with Crippen molar-refractivity contribution in [2.45, 2.75) is 25.8 Å². The number of aliphatic imine (C=N–C) groups is 1. The number of nitrogens with zero attached hydrogens (tertiary/aromatic N) is 2. The number of methoxy groups -OCH3 is 2. The predicted octanol–water partition coefficient (Wildman–Crippen LogP) is 4.40. The van der Waals surface area contributed by atoms with Crippen LogP contribution in [0.5, 0.6) is 11.5 Å². The number of ether oxygens (including phenoxy) is 2. The summed E-state index contributed by atoms with van der Waals surface area (Å²) in [5.74, 6) is 2.71. The molecule has 4 heteroatoms. The molecule has 1 aliphatic carbocycles. The van der Waals surface area contributed by atoms with Crippen LogP contribution in [0.3, 0.4) is 0 Å². The number of rotatable bonds is 4. The second-order valence-electron chi connectivity index (χ2n) is 7.02. The number of benzene rings is 1. The molecule has 0 unspecified atom stereocenters. The van der Waals surface area contributed by atoms with Gasteiger partial charge in [0.2, 0.25) is 0 Å². The number of aromatic nitrogens is 1. The Morgan fingerprint density at radius 2 is 2.00 bits per heavy atom. The summed E-state index contributed by atoms with van der Waals surface area (Å²) in [6.45, 7) is 2.32. The molecule has 1 aromatic carbocycles. The third-order valence-corrected chi connectivity index (χ3v) is 5.68. The Balaban J connectivity index is 1.82. The number of pyridine rings is 1. The van der Waals surface area contributed by atoms with Gasteiger partial charge in [-0.25, -0.2) is 0 Å². The zero-order valence-electron chi connectivity index (χ0n) is 15.5. The van der Waals surface area contributed by atoms with E-state index in [1.165, 1.54) is 18.4 Å². The van der Waals surface area contributed by atoms with Gasteiger partial charge in [-0.15, -0.1) is 0 Å². The van der Waals surface area contributed by atoms with Crippen LogP contribution in [-0.2, 0) is 0 Å². The quantitative estimate of drug-likeness (QED) is 0.822. The third kappa shape index (κ3) is 2.90. The molecular formula is C22H24N2O2. The molecule has 4 nitrogen and oxygen atoms in total. The average Bonchev–Trinajstić information content (AvgIpc) is 2.66. The molecule has 1 aliphatic heterocycles. The third-order valence-electron chi connectivity index (χ3n) is 5.68. The molecule has 2 aliphatic rings. The smallest absolute Gasteiger partial charge is 0.129 e. The molecule has 1 fully saturated rings. The fraction of sp³-hybridized carbons (Fsp3) is 0.364. The van der Waals surface area contributed by atoms with Crippen LogP contribution in [-0.4, -0.2) is 31.0 Å². The van der Waals surface area contributed by atoms with E-state index in [4.69, 9.17) is 14.5 Å². The van der Waals surface area contributed by atoms with Crippen molar-refractivity contribution in [3.63, 3.8) is 0 Å². The maximum atomic E-state index is 5.59. The highest BCUT2D eigenvalue weighted by Gasteiger charge is 2.41. The van der Waals surface area contributed by atoms with Crippen molar-refractivity contribution in [2.75, 3.05) is 14.2 Å². The van der Waals surface area contributed by atoms with Crippen molar-refractivity contribution < 1.29 is 9.47 Å². The van der Waals surface area contributed by atoms with Gasteiger partial charge in [-0.05, 0) is 60.6 Å². The summed E-state index contributed by atoms with van der Waals surface area (Å²) in [5.41, 5.74) is 4.47. The zero-order chi connectivity index (χ0) is 18.1. The van der Waals surface area contributed by atoms with Crippen LogP contribution in [0.4, 0.5) is 0 Å². The monoisotopic (exact) mass is 348 g/mol. The molecule has 3 atom stereocenters. The molecule has 26 heavy (non-hydrogen) atoms. The molecule has 0 spiro atoms. The van der Waals surface area contributed by atoms with Crippen molar-refractivity contribution in [3.05, 3.63) is 59.4 Å². The molecule has 2 aromatic rings. The van der Waals surface area contributed by atoms with Gasteiger partial charge in [-0.2, -0.15) is 0 Å². The largest absolute Gasteiger partial charge is 0.497 e. The van der Waals surface area contributed by atoms with Gasteiger partial charge in [0.15, 0.2) is 0 Å². The summed E-state index contributed by atoms with van der Waals surface area (Å²) >= 11 is 0. The van der Waals surface area contributed by atoms with E-state index in [-0.39, 0.29) is 0 Å². The molecule has 134 valence electrons. The van der Waals surface area contributed by atoms with Crippen LogP contribution < -0.4 is 9.47 Å². The van der Waals surface area contributed by atoms with E-state index in [1.54, 1.807) is 20.4 Å². The summed E-state index contributed by atoms with van der Waals surface area (Å²) in [7, 11) is 3.36. The molecule has 0 N–H and O–H groups in total. The van der Waals surface area contributed by atoms with Crippen LogP contribution in [0.2, 0.25) is 0 Å². The predicted molar refractivity (Wildman–Crippen MR) is 104 cm³/mol. The van der Waals surface area contributed by atoms with Crippen LogP contribution in [0.25, 0.3) is 6.08 Å². The van der Waals surface area contributed by atoms with Crippen molar-refractivity contribution in [1.29, 1.82) is 0 Å². The van der Waals surface area contributed by atoms with Gasteiger partial charge < -0.3 is 9.47 Å². The Bertz CT molecular complexity index is 858. The van der Waals surface area contributed by atoms with Gasteiger partial charge in [0.1, 0.15) is 11.5 Å². The van der Waals surface area contributed by atoms with E-state index < -0.39 is 0 Å². The lowest BCUT2D eigenvalue weighted by Gasteiger charge is -2.44. The van der Waals surface area contributed by atoms with Gasteiger partial charge in [0, 0.05) is 29.6 Å². The van der Waals surface area contributed by atoms with Crippen molar-refractivity contribution in [3.8, 4) is 11.5 Å². The highest BCUT2D eigenvalue weighted by Crippen LogP contribution is 2.45. The first-order valence-electron chi connectivity index (χ1n) is 9.13. The van der Waals surface area contributed by atoms with E-state index >= 15 is 0 Å². The standard InChI is InChI=1S/C22H24N2O2/c1-14-18-8-9-20(18)24-22(16-5-4-10-23-13-16)19(14)11-15-6-7-17(25-2)12-21(15)26-3/h4-7,10-14,18,20H,8-9H2,1-3H3/b19-11+/t14-,18-,20-/m1/s1. The van der Waals surface area contributed by atoms with E-state index in [0.717, 1.165) is 28.3 Å². The van der Waals surface area contributed by atoms with E-state index in [2.05, 4.69) is 24.1 Å². The van der Waals surface area contributed by atoms with Gasteiger partial charge >= 0.3 is 0 Å². The lowest BCUT2D eigenvalue weighted by Crippen LogP contribution is -2.41. The van der Waals surface area contributed by atoms with Gasteiger partial charge in [-0.1, -0.05) is 6.92 Å². The Kier molecular flexibility index (Phi) is 4.49. The fourth-order valence-electron chi connectivity index (χ4n) is 3.99. The van der Waals surface area contributed by atoms with Crippen LogP contribution >= 0.6 is 0 Å². The van der Waals surface area contributed by atoms with E-state index in [1.807, 2.05) is 30.5 Å². The number of allylic oxidation sites excluding steroid dienone is 1. The molecule has 0 bridgehead atoms. The van der Waals surface area contributed by atoms with Crippen LogP contribution in [0.1, 0.15) is 30.9 Å². The Labute approximate surface area is 154 Å². The van der Waals surface area contributed by atoms with Crippen LogP contribution in [0, 0.1) is 11.8 Å². The topological polar surface area (TPSA) is 43.7 Å². The van der Waals surface area contributed by atoms with Crippen molar-refractivity contribution in [2.24, 2.45) is 16.8 Å². The molecule has 1 saturated carbocycles. The second-order valence-corrected chi connectivity index (χ2v) is 7.02. The van der Waals surface area contributed by atoms with Gasteiger partial charge in [-0.3, -0.25) is 9.98 Å². The molecule has 2 heterocycles. The minimum Gasteiger partial charge on any atom is -0.497 e.